The average molecular weight is 284 g/mol. The lowest BCUT2D eigenvalue weighted by molar-refractivity contribution is 0.407. The molecule has 21 heavy (non-hydrogen) atoms. The van der Waals surface area contributed by atoms with Gasteiger partial charge in [-0.25, -0.2) is 9.97 Å². The first kappa shape index (κ1) is 13.7. The maximum atomic E-state index is 5.58. The second kappa shape index (κ2) is 6.03. The summed E-state index contributed by atoms with van der Waals surface area (Å²) < 4.78 is 0. The molecule has 2 N–H and O–H groups in total. The van der Waals surface area contributed by atoms with Crippen LogP contribution in [-0.2, 0) is 6.42 Å². The number of nitrogen functional groups attached to an aromatic ring is 1. The van der Waals surface area contributed by atoms with Crippen molar-refractivity contribution in [3.63, 3.8) is 0 Å². The van der Waals surface area contributed by atoms with Crippen LogP contribution >= 0.6 is 0 Å². The van der Waals surface area contributed by atoms with Gasteiger partial charge in [0.15, 0.2) is 0 Å². The van der Waals surface area contributed by atoms with Crippen LogP contribution in [-0.4, -0.2) is 33.3 Å². The summed E-state index contributed by atoms with van der Waals surface area (Å²) in [6.45, 7) is 4.06. The number of aryl methyl sites for hydroxylation is 1. The van der Waals surface area contributed by atoms with Crippen molar-refractivity contribution in [2.45, 2.75) is 26.2 Å². The highest BCUT2D eigenvalue weighted by molar-refractivity contribution is 5.39. The summed E-state index contributed by atoms with van der Waals surface area (Å²) in [5, 5.41) is 8.09. The Morgan fingerprint density at radius 1 is 1.29 bits per heavy atom. The van der Waals surface area contributed by atoms with Gasteiger partial charge < -0.3 is 10.6 Å². The van der Waals surface area contributed by atoms with E-state index in [0.717, 1.165) is 36.7 Å². The molecule has 0 aromatic carbocycles. The van der Waals surface area contributed by atoms with E-state index in [1.54, 1.807) is 6.33 Å². The van der Waals surface area contributed by atoms with E-state index >= 15 is 0 Å². The Morgan fingerprint density at radius 2 is 2.19 bits per heavy atom. The van der Waals surface area contributed by atoms with Crippen molar-refractivity contribution in [1.29, 1.82) is 0 Å². The molecule has 6 nitrogen and oxygen atoms in total. The van der Waals surface area contributed by atoms with Crippen molar-refractivity contribution in [1.82, 2.24) is 20.2 Å². The first-order chi connectivity index (χ1) is 10.2. The van der Waals surface area contributed by atoms with E-state index in [1.165, 1.54) is 12.8 Å². The standard InChI is InChI=1S/C15H20N6/c1-11-7-15(18-10-17-11)21-6-2-3-12(9-21)8-13-4-5-14(16)20-19-13/h4-5,7,10,12H,2-3,6,8-9H2,1H3,(H2,16,20)/t12-/m0/s1. The minimum atomic E-state index is 0.473. The van der Waals surface area contributed by atoms with Crippen LogP contribution in [0.25, 0.3) is 0 Å². The van der Waals surface area contributed by atoms with Crippen LogP contribution in [0.4, 0.5) is 11.6 Å². The molecule has 3 rings (SSSR count). The predicted molar refractivity (Wildman–Crippen MR) is 81.9 cm³/mol. The molecule has 110 valence electrons. The molecule has 0 radical (unpaired) electrons. The Morgan fingerprint density at radius 3 is 2.95 bits per heavy atom. The van der Waals surface area contributed by atoms with Crippen LogP contribution in [0, 0.1) is 12.8 Å². The molecule has 0 amide bonds. The Bertz CT molecular complexity index is 597. The molecule has 1 fully saturated rings. The van der Waals surface area contributed by atoms with Crippen molar-refractivity contribution >= 4 is 11.6 Å². The van der Waals surface area contributed by atoms with Gasteiger partial charge >= 0.3 is 0 Å². The number of nitrogens with zero attached hydrogens (tertiary/aromatic N) is 5. The van der Waals surface area contributed by atoms with Gasteiger partial charge in [0.1, 0.15) is 18.0 Å². The Hall–Kier alpha value is -2.24. The minimum absolute atomic E-state index is 0.473. The number of rotatable bonds is 3. The maximum Gasteiger partial charge on any atom is 0.146 e. The third-order valence-corrected chi connectivity index (χ3v) is 3.87. The molecule has 1 saturated heterocycles. The molecule has 0 saturated carbocycles. The van der Waals surface area contributed by atoms with Crippen molar-refractivity contribution in [2.75, 3.05) is 23.7 Å². The second-order valence-electron chi connectivity index (χ2n) is 5.63. The second-order valence-corrected chi connectivity index (χ2v) is 5.63. The van der Waals surface area contributed by atoms with Gasteiger partial charge in [-0.3, -0.25) is 0 Å². The lowest BCUT2D eigenvalue weighted by Crippen LogP contribution is -2.37. The number of nitrogens with two attached hydrogens (primary N) is 1. The highest BCUT2D eigenvalue weighted by atomic mass is 15.2. The number of hydrogen-bond donors (Lipinski definition) is 1. The fourth-order valence-electron chi connectivity index (χ4n) is 2.83. The quantitative estimate of drug-likeness (QED) is 0.922. The molecule has 2 aromatic heterocycles. The lowest BCUT2D eigenvalue weighted by atomic mass is 9.93. The summed E-state index contributed by atoms with van der Waals surface area (Å²) in [4.78, 5) is 10.9. The number of piperidine rings is 1. The van der Waals surface area contributed by atoms with Crippen LogP contribution in [0.1, 0.15) is 24.2 Å². The Kier molecular flexibility index (Phi) is 3.94. The molecule has 6 heteroatoms. The zero-order chi connectivity index (χ0) is 14.7. The minimum Gasteiger partial charge on any atom is -0.382 e. The summed E-state index contributed by atoms with van der Waals surface area (Å²) in [5.74, 6) is 2.07. The molecule has 2 aromatic rings. The zero-order valence-electron chi connectivity index (χ0n) is 12.2. The van der Waals surface area contributed by atoms with Crippen molar-refractivity contribution < 1.29 is 0 Å². The number of anilines is 2. The van der Waals surface area contributed by atoms with Crippen LogP contribution in [0.5, 0.6) is 0 Å². The third-order valence-electron chi connectivity index (χ3n) is 3.87. The molecule has 1 aliphatic heterocycles. The van der Waals surface area contributed by atoms with Gasteiger partial charge in [0.05, 0.1) is 5.69 Å². The van der Waals surface area contributed by atoms with E-state index in [2.05, 4.69) is 25.1 Å². The molecule has 0 spiro atoms. The highest BCUT2D eigenvalue weighted by Crippen LogP contribution is 2.23. The van der Waals surface area contributed by atoms with E-state index in [1.807, 2.05) is 25.1 Å². The van der Waals surface area contributed by atoms with Gasteiger partial charge in [-0.1, -0.05) is 0 Å². The van der Waals surface area contributed by atoms with Crippen LogP contribution in [0.2, 0.25) is 0 Å². The normalized spacial score (nSPS) is 18.7. The monoisotopic (exact) mass is 284 g/mol. The van der Waals surface area contributed by atoms with Crippen LogP contribution < -0.4 is 10.6 Å². The summed E-state index contributed by atoms with van der Waals surface area (Å²) >= 11 is 0. The topological polar surface area (TPSA) is 80.8 Å². The SMILES string of the molecule is Cc1cc(N2CCC[C@@H](Cc3ccc(N)nn3)C2)ncn1. The summed E-state index contributed by atoms with van der Waals surface area (Å²) in [6, 6.07) is 5.83. The van der Waals surface area contributed by atoms with Crippen molar-refractivity contribution in [3.8, 4) is 0 Å². The lowest BCUT2D eigenvalue weighted by Gasteiger charge is -2.33. The number of aromatic nitrogens is 4. The third kappa shape index (κ3) is 3.45. The van der Waals surface area contributed by atoms with E-state index in [-0.39, 0.29) is 0 Å². The summed E-state index contributed by atoms with van der Waals surface area (Å²) in [6.07, 6.45) is 4.97. The fraction of sp³-hybridized carbons (Fsp3) is 0.467. The first-order valence-corrected chi connectivity index (χ1v) is 7.32. The highest BCUT2D eigenvalue weighted by Gasteiger charge is 2.21. The van der Waals surface area contributed by atoms with Gasteiger partial charge in [0.2, 0.25) is 0 Å². The molecular formula is C15H20N6. The van der Waals surface area contributed by atoms with E-state index in [4.69, 9.17) is 5.73 Å². The fourth-order valence-corrected chi connectivity index (χ4v) is 2.83. The van der Waals surface area contributed by atoms with Crippen LogP contribution in [0.15, 0.2) is 24.5 Å². The molecule has 0 bridgehead atoms. The molecule has 0 unspecified atom stereocenters. The van der Waals surface area contributed by atoms with Crippen molar-refractivity contribution in [3.05, 3.63) is 35.9 Å². The van der Waals surface area contributed by atoms with E-state index < -0.39 is 0 Å². The zero-order valence-corrected chi connectivity index (χ0v) is 12.2. The summed E-state index contributed by atoms with van der Waals surface area (Å²) in [5.41, 5.74) is 7.59. The Balaban J connectivity index is 1.67. The molecule has 1 aliphatic rings. The van der Waals surface area contributed by atoms with Gasteiger partial charge in [0.25, 0.3) is 0 Å². The van der Waals surface area contributed by atoms with Gasteiger partial charge in [-0.2, -0.15) is 5.10 Å². The molecule has 1 atom stereocenters. The van der Waals surface area contributed by atoms with E-state index in [0.29, 0.717) is 11.7 Å². The Labute approximate surface area is 124 Å². The van der Waals surface area contributed by atoms with E-state index in [9.17, 15) is 0 Å². The number of hydrogen-bond acceptors (Lipinski definition) is 6. The first-order valence-electron chi connectivity index (χ1n) is 7.32. The summed E-state index contributed by atoms with van der Waals surface area (Å²) in [7, 11) is 0. The van der Waals surface area contributed by atoms with Crippen molar-refractivity contribution in [2.24, 2.45) is 5.92 Å². The smallest absolute Gasteiger partial charge is 0.146 e. The van der Waals surface area contributed by atoms with Gasteiger partial charge in [-0.05, 0) is 44.2 Å². The predicted octanol–water partition coefficient (Wildman–Crippen LogP) is 1.62. The van der Waals surface area contributed by atoms with Gasteiger partial charge in [0, 0.05) is 24.8 Å². The maximum absolute atomic E-state index is 5.58. The molecule has 0 aliphatic carbocycles. The van der Waals surface area contributed by atoms with Crippen LogP contribution in [0.3, 0.4) is 0 Å². The van der Waals surface area contributed by atoms with Gasteiger partial charge in [-0.15, -0.1) is 5.10 Å². The molecular weight excluding hydrogens is 264 g/mol. The molecule has 3 heterocycles. The largest absolute Gasteiger partial charge is 0.382 e. The average Bonchev–Trinajstić information content (AvgIpc) is 2.50.